The lowest BCUT2D eigenvalue weighted by atomic mass is 10.0. The highest BCUT2D eigenvalue weighted by atomic mass is 35.5. The van der Waals surface area contributed by atoms with Crippen LogP contribution in [0.15, 0.2) is 42.9 Å². The Kier molecular flexibility index (Phi) is 3.16. The van der Waals surface area contributed by atoms with Crippen LogP contribution >= 0.6 is 11.6 Å². The SMILES string of the molecule is CC(C)n1ncc2ccc(C3C[C@@H]3c3cc(Cl)nn4ccnc34)cc21. The summed E-state index contributed by atoms with van der Waals surface area (Å²) in [6.07, 6.45) is 6.67. The number of imidazole rings is 1. The van der Waals surface area contributed by atoms with Crippen LogP contribution in [-0.4, -0.2) is 24.4 Å². The highest BCUT2D eigenvalue weighted by Gasteiger charge is 2.41. The Bertz CT molecular complexity index is 1090. The van der Waals surface area contributed by atoms with Crippen molar-refractivity contribution in [3.63, 3.8) is 0 Å². The van der Waals surface area contributed by atoms with Gasteiger partial charge in [0.1, 0.15) is 5.15 Å². The molecular formula is C19H18ClN5. The second-order valence-corrected chi connectivity index (χ2v) is 7.45. The molecule has 3 heterocycles. The summed E-state index contributed by atoms with van der Waals surface area (Å²) in [5.41, 5.74) is 4.66. The van der Waals surface area contributed by atoms with Crippen LogP contribution in [0.2, 0.25) is 5.15 Å². The fourth-order valence-electron chi connectivity index (χ4n) is 3.79. The van der Waals surface area contributed by atoms with Gasteiger partial charge in [0, 0.05) is 29.4 Å². The molecule has 6 heteroatoms. The molecule has 126 valence electrons. The zero-order valence-electron chi connectivity index (χ0n) is 14.1. The summed E-state index contributed by atoms with van der Waals surface area (Å²) in [7, 11) is 0. The Labute approximate surface area is 150 Å². The Balaban J connectivity index is 1.54. The lowest BCUT2D eigenvalue weighted by Crippen LogP contribution is -2.02. The second kappa shape index (κ2) is 5.30. The first-order chi connectivity index (χ1) is 12.1. The van der Waals surface area contributed by atoms with E-state index in [2.05, 4.69) is 51.9 Å². The third-order valence-corrected chi connectivity index (χ3v) is 5.27. The molecule has 1 fully saturated rings. The third kappa shape index (κ3) is 2.34. The minimum absolute atomic E-state index is 0.353. The Morgan fingerprint density at radius 3 is 2.92 bits per heavy atom. The molecule has 1 aliphatic rings. The number of hydrogen-bond donors (Lipinski definition) is 0. The number of hydrogen-bond acceptors (Lipinski definition) is 3. The normalized spacial score (nSPS) is 20.0. The van der Waals surface area contributed by atoms with Crippen LogP contribution in [0, 0.1) is 0 Å². The third-order valence-electron chi connectivity index (χ3n) is 5.09. The van der Waals surface area contributed by atoms with Crippen molar-refractivity contribution in [2.24, 2.45) is 0 Å². The number of nitrogens with zero attached hydrogens (tertiary/aromatic N) is 5. The lowest BCUT2D eigenvalue weighted by Gasteiger charge is -2.09. The van der Waals surface area contributed by atoms with E-state index in [0.717, 1.165) is 12.1 Å². The molecule has 25 heavy (non-hydrogen) atoms. The van der Waals surface area contributed by atoms with Crippen molar-refractivity contribution < 1.29 is 0 Å². The predicted molar refractivity (Wildman–Crippen MR) is 98.2 cm³/mol. The Morgan fingerprint density at radius 1 is 1.20 bits per heavy atom. The maximum absolute atomic E-state index is 6.19. The summed E-state index contributed by atoms with van der Waals surface area (Å²) in [4.78, 5) is 4.46. The highest BCUT2D eigenvalue weighted by molar-refractivity contribution is 6.29. The molecule has 0 amide bonds. The zero-order chi connectivity index (χ0) is 17.1. The van der Waals surface area contributed by atoms with E-state index in [4.69, 9.17) is 11.6 Å². The molecular weight excluding hydrogens is 334 g/mol. The molecule has 0 aliphatic heterocycles. The standard InChI is InChI=1S/C19H18ClN5/c1-11(2)25-17-7-12(3-4-13(17)10-22-25)14-8-15(14)16-9-18(20)23-24-6-5-21-19(16)24/h3-7,9-11,14-15H,8H2,1-2H3/t14?,15-/m0/s1. The molecule has 0 saturated heterocycles. The molecule has 3 aromatic heterocycles. The van der Waals surface area contributed by atoms with E-state index in [9.17, 15) is 0 Å². The van der Waals surface area contributed by atoms with Crippen LogP contribution in [0.5, 0.6) is 0 Å². The van der Waals surface area contributed by atoms with Crippen LogP contribution in [-0.2, 0) is 0 Å². The molecule has 1 aromatic carbocycles. The van der Waals surface area contributed by atoms with Crippen molar-refractivity contribution in [3.8, 4) is 0 Å². The van der Waals surface area contributed by atoms with Gasteiger partial charge in [-0.15, -0.1) is 0 Å². The maximum atomic E-state index is 6.19. The van der Waals surface area contributed by atoms with Crippen molar-refractivity contribution >= 4 is 28.2 Å². The summed E-state index contributed by atoms with van der Waals surface area (Å²) in [6, 6.07) is 9.01. The maximum Gasteiger partial charge on any atom is 0.157 e. The van der Waals surface area contributed by atoms with Gasteiger partial charge < -0.3 is 0 Å². The summed E-state index contributed by atoms with van der Waals surface area (Å²) in [6.45, 7) is 4.32. The van der Waals surface area contributed by atoms with E-state index in [1.54, 1.807) is 10.7 Å². The van der Waals surface area contributed by atoms with Crippen molar-refractivity contribution in [1.82, 2.24) is 24.4 Å². The second-order valence-electron chi connectivity index (χ2n) is 7.07. The molecule has 5 rings (SSSR count). The van der Waals surface area contributed by atoms with Crippen molar-refractivity contribution in [2.45, 2.75) is 38.1 Å². The van der Waals surface area contributed by atoms with Crippen LogP contribution in [0.4, 0.5) is 0 Å². The van der Waals surface area contributed by atoms with E-state index in [1.165, 1.54) is 22.0 Å². The monoisotopic (exact) mass is 351 g/mol. The summed E-state index contributed by atoms with van der Waals surface area (Å²) in [5.74, 6) is 0.942. The first kappa shape index (κ1) is 14.9. The molecule has 0 bridgehead atoms. The highest BCUT2D eigenvalue weighted by Crippen LogP contribution is 2.55. The summed E-state index contributed by atoms with van der Waals surface area (Å²) >= 11 is 6.19. The van der Waals surface area contributed by atoms with Gasteiger partial charge in [0.2, 0.25) is 0 Å². The van der Waals surface area contributed by atoms with Gasteiger partial charge >= 0.3 is 0 Å². The van der Waals surface area contributed by atoms with E-state index < -0.39 is 0 Å². The first-order valence-electron chi connectivity index (χ1n) is 8.59. The number of rotatable bonds is 3. The number of halogens is 1. The van der Waals surface area contributed by atoms with Gasteiger partial charge in [0.15, 0.2) is 5.65 Å². The molecule has 0 N–H and O–H groups in total. The van der Waals surface area contributed by atoms with E-state index in [-0.39, 0.29) is 0 Å². The molecule has 1 unspecified atom stereocenters. The van der Waals surface area contributed by atoms with E-state index in [1.807, 2.05) is 18.5 Å². The van der Waals surface area contributed by atoms with Crippen LogP contribution < -0.4 is 0 Å². The van der Waals surface area contributed by atoms with E-state index in [0.29, 0.717) is 23.0 Å². The molecule has 0 spiro atoms. The molecule has 1 aliphatic carbocycles. The van der Waals surface area contributed by atoms with Gasteiger partial charge in [0.05, 0.1) is 11.7 Å². The zero-order valence-corrected chi connectivity index (χ0v) is 14.9. The molecule has 5 nitrogen and oxygen atoms in total. The van der Waals surface area contributed by atoms with E-state index >= 15 is 0 Å². The Hall–Kier alpha value is -2.40. The van der Waals surface area contributed by atoms with Crippen LogP contribution in [0.3, 0.4) is 0 Å². The van der Waals surface area contributed by atoms with Gasteiger partial charge in [-0.1, -0.05) is 23.7 Å². The van der Waals surface area contributed by atoms with Gasteiger partial charge in [0.25, 0.3) is 0 Å². The average Bonchev–Trinajstić information content (AvgIpc) is 3.04. The predicted octanol–water partition coefficient (Wildman–Crippen LogP) is 4.58. The van der Waals surface area contributed by atoms with Gasteiger partial charge in [-0.3, -0.25) is 4.68 Å². The minimum atomic E-state index is 0.353. The van der Waals surface area contributed by atoms with Gasteiger partial charge in [-0.25, -0.2) is 9.50 Å². The molecule has 4 aromatic rings. The fraction of sp³-hybridized carbons (Fsp3) is 0.316. The van der Waals surface area contributed by atoms with Crippen molar-refractivity contribution in [1.29, 1.82) is 0 Å². The smallest absolute Gasteiger partial charge is 0.157 e. The first-order valence-corrected chi connectivity index (χ1v) is 8.96. The van der Waals surface area contributed by atoms with Crippen LogP contribution in [0.1, 0.15) is 49.3 Å². The van der Waals surface area contributed by atoms with Crippen molar-refractivity contribution in [3.05, 3.63) is 59.1 Å². The Morgan fingerprint density at radius 2 is 2.08 bits per heavy atom. The molecule has 1 saturated carbocycles. The van der Waals surface area contributed by atoms with Crippen molar-refractivity contribution in [2.75, 3.05) is 0 Å². The van der Waals surface area contributed by atoms with Crippen LogP contribution in [0.25, 0.3) is 16.6 Å². The average molecular weight is 352 g/mol. The topological polar surface area (TPSA) is 48.0 Å². The summed E-state index contributed by atoms with van der Waals surface area (Å²) < 4.78 is 3.86. The van der Waals surface area contributed by atoms with Gasteiger partial charge in [-0.2, -0.15) is 10.2 Å². The number of fused-ring (bicyclic) bond motifs is 2. The number of benzene rings is 1. The fourth-order valence-corrected chi connectivity index (χ4v) is 3.98. The van der Waals surface area contributed by atoms with Gasteiger partial charge in [-0.05, 0) is 49.8 Å². The lowest BCUT2D eigenvalue weighted by molar-refractivity contribution is 0.550. The number of aromatic nitrogens is 5. The molecule has 0 radical (unpaired) electrons. The molecule has 2 atom stereocenters. The quantitative estimate of drug-likeness (QED) is 0.542. The summed E-state index contributed by atoms with van der Waals surface area (Å²) in [5, 5.41) is 10.5. The largest absolute Gasteiger partial charge is 0.262 e. The minimum Gasteiger partial charge on any atom is -0.262 e.